The molecular formula is C22H24N4O3. The highest BCUT2D eigenvalue weighted by Crippen LogP contribution is 2.47. The molecule has 4 rings (SSSR count). The van der Waals surface area contributed by atoms with Crippen LogP contribution in [0.4, 0.5) is 0 Å². The quantitative estimate of drug-likeness (QED) is 0.786. The lowest BCUT2D eigenvalue weighted by Crippen LogP contribution is -2.41. The third-order valence-corrected chi connectivity index (χ3v) is 5.08. The Morgan fingerprint density at radius 1 is 1.31 bits per heavy atom. The molecule has 2 aromatic carbocycles. The van der Waals surface area contributed by atoms with Gasteiger partial charge < -0.3 is 15.2 Å². The van der Waals surface area contributed by atoms with Crippen LogP contribution in [0.5, 0.6) is 5.75 Å². The summed E-state index contributed by atoms with van der Waals surface area (Å²) in [7, 11) is 1.74. The first-order chi connectivity index (χ1) is 14.0. The van der Waals surface area contributed by atoms with Crippen molar-refractivity contribution in [3.63, 3.8) is 0 Å². The number of guanidine groups is 1. The van der Waals surface area contributed by atoms with E-state index in [9.17, 15) is 5.26 Å². The van der Waals surface area contributed by atoms with E-state index in [1.54, 1.807) is 13.1 Å². The number of benzene rings is 2. The summed E-state index contributed by atoms with van der Waals surface area (Å²) in [5.74, 6) is 1.02. The fraction of sp³-hybridized carbons (Fsp3) is 0.364. The Bertz CT molecular complexity index is 984. The van der Waals surface area contributed by atoms with Gasteiger partial charge in [0.15, 0.2) is 0 Å². The Morgan fingerprint density at radius 2 is 2.14 bits per heavy atom. The minimum Gasteiger partial charge on any atom is -0.487 e. The number of nitriles is 1. The molecule has 2 atom stereocenters. The first-order valence-corrected chi connectivity index (χ1v) is 9.72. The second-order valence-corrected chi connectivity index (χ2v) is 7.27. The van der Waals surface area contributed by atoms with Gasteiger partial charge >= 0.3 is 0 Å². The maximum atomic E-state index is 9.21. The van der Waals surface area contributed by atoms with Crippen LogP contribution in [0.15, 0.2) is 47.5 Å². The summed E-state index contributed by atoms with van der Waals surface area (Å²) in [6, 6.07) is 15.6. The van der Waals surface area contributed by atoms with Gasteiger partial charge in [-0.2, -0.15) is 5.26 Å². The summed E-state index contributed by atoms with van der Waals surface area (Å²) >= 11 is 0. The fourth-order valence-electron chi connectivity index (χ4n) is 3.72. The average Bonchev–Trinajstić information content (AvgIpc) is 3.01. The van der Waals surface area contributed by atoms with Gasteiger partial charge in [0, 0.05) is 20.1 Å². The predicted octanol–water partition coefficient (Wildman–Crippen LogP) is 3.15. The lowest BCUT2D eigenvalue weighted by Gasteiger charge is -2.37. The third-order valence-electron chi connectivity index (χ3n) is 5.08. The van der Waals surface area contributed by atoms with Gasteiger partial charge in [0.1, 0.15) is 11.9 Å². The van der Waals surface area contributed by atoms with Crippen LogP contribution >= 0.6 is 0 Å². The maximum absolute atomic E-state index is 9.21. The number of ether oxygens (including phenoxy) is 2. The zero-order valence-electron chi connectivity index (χ0n) is 16.6. The fourth-order valence-corrected chi connectivity index (χ4v) is 3.72. The zero-order valence-corrected chi connectivity index (χ0v) is 16.6. The molecule has 0 bridgehead atoms. The normalized spacial score (nSPS) is 22.7. The molecule has 7 heteroatoms. The zero-order chi connectivity index (χ0) is 20.4. The summed E-state index contributed by atoms with van der Waals surface area (Å²) in [6.07, 6.45) is 1.25. The van der Waals surface area contributed by atoms with Crippen LogP contribution < -0.4 is 10.5 Å². The standard InChI is InChI=1S/C22H24N4O3/c1-3-9-27-14-18-12-22(25-21(24)26(2)29-22)19-11-17(7-8-20(19)28-18)16-6-4-5-15(10-16)13-23/h4-8,10-11,18H,3,9,12,14H2,1-2H3,(H2,24,25). The Labute approximate surface area is 170 Å². The van der Waals surface area contributed by atoms with Crippen molar-refractivity contribution in [1.82, 2.24) is 5.06 Å². The molecule has 2 heterocycles. The van der Waals surface area contributed by atoms with Gasteiger partial charge in [0.2, 0.25) is 11.7 Å². The summed E-state index contributed by atoms with van der Waals surface area (Å²) in [6.45, 7) is 3.21. The molecule has 0 amide bonds. The number of hydrogen-bond donors (Lipinski definition) is 1. The molecule has 2 N–H and O–H groups in total. The molecule has 150 valence electrons. The van der Waals surface area contributed by atoms with Gasteiger partial charge in [-0.15, -0.1) is 0 Å². The summed E-state index contributed by atoms with van der Waals surface area (Å²) < 4.78 is 11.9. The van der Waals surface area contributed by atoms with E-state index in [1.807, 2.05) is 36.4 Å². The topological polar surface area (TPSA) is 93.1 Å². The molecule has 2 unspecified atom stereocenters. The molecule has 0 aliphatic carbocycles. The van der Waals surface area contributed by atoms with E-state index in [-0.39, 0.29) is 6.10 Å². The van der Waals surface area contributed by atoms with Gasteiger partial charge in [0.25, 0.3) is 0 Å². The number of fused-ring (bicyclic) bond motifs is 2. The van der Waals surface area contributed by atoms with Crippen LogP contribution in [-0.2, 0) is 15.3 Å². The highest BCUT2D eigenvalue weighted by Gasteiger charge is 2.48. The Hall–Kier alpha value is -3.08. The van der Waals surface area contributed by atoms with E-state index in [1.165, 1.54) is 5.06 Å². The lowest BCUT2D eigenvalue weighted by atomic mass is 9.90. The van der Waals surface area contributed by atoms with Gasteiger partial charge in [0.05, 0.1) is 23.8 Å². The van der Waals surface area contributed by atoms with E-state index in [0.29, 0.717) is 36.9 Å². The van der Waals surface area contributed by atoms with Crippen molar-refractivity contribution in [1.29, 1.82) is 5.26 Å². The first kappa shape index (κ1) is 19.2. The molecule has 0 saturated carbocycles. The molecule has 7 nitrogen and oxygen atoms in total. The number of rotatable bonds is 5. The number of nitrogens with zero attached hydrogens (tertiary/aromatic N) is 3. The molecule has 0 fully saturated rings. The van der Waals surface area contributed by atoms with Crippen LogP contribution in [0.3, 0.4) is 0 Å². The van der Waals surface area contributed by atoms with E-state index in [2.05, 4.69) is 18.0 Å². The van der Waals surface area contributed by atoms with Crippen molar-refractivity contribution in [2.75, 3.05) is 20.3 Å². The van der Waals surface area contributed by atoms with Crippen LogP contribution in [-0.4, -0.2) is 37.4 Å². The smallest absolute Gasteiger partial charge is 0.221 e. The van der Waals surface area contributed by atoms with Crippen LogP contribution in [0, 0.1) is 11.3 Å². The van der Waals surface area contributed by atoms with Crippen molar-refractivity contribution in [2.24, 2.45) is 10.7 Å². The highest BCUT2D eigenvalue weighted by molar-refractivity contribution is 5.79. The van der Waals surface area contributed by atoms with E-state index in [4.69, 9.17) is 20.0 Å². The summed E-state index contributed by atoms with van der Waals surface area (Å²) in [4.78, 5) is 10.8. The van der Waals surface area contributed by atoms with Gasteiger partial charge in [-0.3, -0.25) is 0 Å². The molecular weight excluding hydrogens is 368 g/mol. The maximum Gasteiger partial charge on any atom is 0.221 e. The Kier molecular flexibility index (Phi) is 5.14. The number of hydroxylamine groups is 2. The second kappa shape index (κ2) is 7.74. The molecule has 2 aromatic rings. The van der Waals surface area contributed by atoms with Crippen molar-refractivity contribution in [2.45, 2.75) is 31.6 Å². The molecule has 0 radical (unpaired) electrons. The largest absolute Gasteiger partial charge is 0.487 e. The number of aliphatic imine (C=N–C) groups is 1. The van der Waals surface area contributed by atoms with Gasteiger partial charge in [-0.25, -0.2) is 14.9 Å². The summed E-state index contributed by atoms with van der Waals surface area (Å²) in [5.41, 5.74) is 8.41. The SMILES string of the molecule is CCCOCC1CC2(N=C(N)N(C)O2)c2cc(-c3cccc(C#N)c3)ccc2O1. The highest BCUT2D eigenvalue weighted by atomic mass is 16.7. The second-order valence-electron chi connectivity index (χ2n) is 7.27. The number of hydrogen-bond acceptors (Lipinski definition) is 7. The lowest BCUT2D eigenvalue weighted by molar-refractivity contribution is -0.194. The van der Waals surface area contributed by atoms with Crippen molar-refractivity contribution in [3.8, 4) is 22.9 Å². The Morgan fingerprint density at radius 3 is 2.86 bits per heavy atom. The van der Waals surface area contributed by atoms with Crippen molar-refractivity contribution >= 4 is 5.96 Å². The van der Waals surface area contributed by atoms with Gasteiger partial charge in [-0.05, 0) is 41.8 Å². The molecule has 0 aromatic heterocycles. The van der Waals surface area contributed by atoms with E-state index < -0.39 is 5.72 Å². The van der Waals surface area contributed by atoms with Crippen molar-refractivity contribution in [3.05, 3.63) is 53.6 Å². The van der Waals surface area contributed by atoms with E-state index in [0.717, 1.165) is 23.1 Å². The van der Waals surface area contributed by atoms with Crippen molar-refractivity contribution < 1.29 is 14.3 Å². The van der Waals surface area contributed by atoms with Crippen LogP contribution in [0.25, 0.3) is 11.1 Å². The molecule has 2 aliphatic rings. The van der Waals surface area contributed by atoms with E-state index >= 15 is 0 Å². The first-order valence-electron chi connectivity index (χ1n) is 9.72. The summed E-state index contributed by atoms with van der Waals surface area (Å²) in [5, 5.41) is 10.7. The Balaban J connectivity index is 1.74. The number of nitrogens with two attached hydrogens (primary N) is 1. The monoisotopic (exact) mass is 392 g/mol. The predicted molar refractivity (Wildman–Crippen MR) is 109 cm³/mol. The average molecular weight is 392 g/mol. The minimum atomic E-state index is -0.949. The molecule has 1 spiro atoms. The third kappa shape index (κ3) is 3.65. The molecule has 29 heavy (non-hydrogen) atoms. The van der Waals surface area contributed by atoms with Crippen LogP contribution in [0.2, 0.25) is 0 Å². The molecule has 0 saturated heterocycles. The molecule has 2 aliphatic heterocycles. The minimum absolute atomic E-state index is 0.190. The van der Waals surface area contributed by atoms with Crippen LogP contribution in [0.1, 0.15) is 30.9 Å². The van der Waals surface area contributed by atoms with Gasteiger partial charge in [-0.1, -0.05) is 25.1 Å².